The molecule has 15 heavy (non-hydrogen) atoms. The smallest absolute Gasteiger partial charge is 0.217 e. The predicted octanol–water partition coefficient (Wildman–Crippen LogP) is 3.43. The molecule has 2 atom stereocenters. The molecule has 2 nitrogen and oxygen atoms in total. The molecule has 0 aliphatic heterocycles. The molecule has 1 saturated carbocycles. The van der Waals surface area contributed by atoms with Crippen LogP contribution < -0.4 is 0 Å². The standard InChI is InChI=1S/C9H10Cl4O2/c1-14-9(15-2)7(12)3-4-8(9,13)6(11)5(7)10/h3-4H2,1-2H3. The van der Waals surface area contributed by atoms with Gasteiger partial charge in [0, 0.05) is 14.2 Å². The topological polar surface area (TPSA) is 18.5 Å². The first kappa shape index (κ1) is 12.3. The Morgan fingerprint density at radius 2 is 1.27 bits per heavy atom. The average molecular weight is 292 g/mol. The molecule has 86 valence electrons. The fourth-order valence-corrected chi connectivity index (χ4v) is 4.49. The monoisotopic (exact) mass is 290 g/mol. The minimum absolute atomic E-state index is 0.329. The summed E-state index contributed by atoms with van der Waals surface area (Å²) in [6, 6.07) is 0. The quantitative estimate of drug-likeness (QED) is 0.573. The van der Waals surface area contributed by atoms with Crippen LogP contribution in [0.2, 0.25) is 0 Å². The van der Waals surface area contributed by atoms with Crippen molar-refractivity contribution in [2.45, 2.75) is 28.4 Å². The maximum absolute atomic E-state index is 6.45. The van der Waals surface area contributed by atoms with Gasteiger partial charge in [0.2, 0.25) is 5.79 Å². The Morgan fingerprint density at radius 1 is 0.933 bits per heavy atom. The maximum Gasteiger partial charge on any atom is 0.217 e. The zero-order valence-electron chi connectivity index (χ0n) is 8.24. The first-order valence-corrected chi connectivity index (χ1v) is 5.95. The third kappa shape index (κ3) is 1.07. The number of methoxy groups -OCH3 is 2. The van der Waals surface area contributed by atoms with Gasteiger partial charge in [-0.15, -0.1) is 23.2 Å². The number of hydrogen-bond donors (Lipinski definition) is 0. The summed E-state index contributed by atoms with van der Waals surface area (Å²) in [6.45, 7) is 0. The van der Waals surface area contributed by atoms with Crippen LogP contribution in [0, 0.1) is 0 Å². The van der Waals surface area contributed by atoms with Gasteiger partial charge in [0.1, 0.15) is 9.75 Å². The Bertz CT molecular complexity index is 311. The first-order valence-electron chi connectivity index (χ1n) is 4.44. The molecule has 0 aromatic carbocycles. The van der Waals surface area contributed by atoms with Gasteiger partial charge in [-0.2, -0.15) is 0 Å². The van der Waals surface area contributed by atoms with Crippen LogP contribution >= 0.6 is 46.4 Å². The normalized spacial score (nSPS) is 42.8. The molecule has 0 N–H and O–H groups in total. The molecular formula is C9H10Cl4O2. The van der Waals surface area contributed by atoms with Gasteiger partial charge in [-0.05, 0) is 12.8 Å². The van der Waals surface area contributed by atoms with E-state index in [1.807, 2.05) is 0 Å². The van der Waals surface area contributed by atoms with Crippen LogP contribution in [0.4, 0.5) is 0 Å². The van der Waals surface area contributed by atoms with E-state index in [0.717, 1.165) is 0 Å². The van der Waals surface area contributed by atoms with Crippen molar-refractivity contribution in [3.05, 3.63) is 10.1 Å². The summed E-state index contributed by atoms with van der Waals surface area (Å²) in [5.41, 5.74) is 0. The Morgan fingerprint density at radius 3 is 1.47 bits per heavy atom. The van der Waals surface area contributed by atoms with Crippen molar-refractivity contribution in [2.75, 3.05) is 14.2 Å². The molecule has 2 unspecified atom stereocenters. The molecule has 0 radical (unpaired) electrons. The van der Waals surface area contributed by atoms with Crippen LogP contribution in [0.5, 0.6) is 0 Å². The molecule has 0 aromatic rings. The van der Waals surface area contributed by atoms with E-state index in [0.29, 0.717) is 22.9 Å². The Balaban J connectivity index is 2.65. The van der Waals surface area contributed by atoms with Gasteiger partial charge in [-0.1, -0.05) is 23.2 Å². The third-order valence-electron chi connectivity index (χ3n) is 3.32. The first-order chi connectivity index (χ1) is 6.89. The summed E-state index contributed by atoms with van der Waals surface area (Å²) in [5, 5.41) is 0.659. The molecule has 2 rings (SSSR count). The van der Waals surface area contributed by atoms with Gasteiger partial charge in [0.05, 0.1) is 10.1 Å². The minimum atomic E-state index is -1.18. The summed E-state index contributed by atoms with van der Waals surface area (Å²) in [4.78, 5) is -1.95. The largest absolute Gasteiger partial charge is 0.350 e. The van der Waals surface area contributed by atoms with Crippen molar-refractivity contribution in [2.24, 2.45) is 0 Å². The van der Waals surface area contributed by atoms with E-state index in [9.17, 15) is 0 Å². The van der Waals surface area contributed by atoms with Gasteiger partial charge in [-0.25, -0.2) is 0 Å². The van der Waals surface area contributed by atoms with Crippen molar-refractivity contribution >= 4 is 46.4 Å². The molecular weight excluding hydrogens is 282 g/mol. The lowest BCUT2D eigenvalue weighted by Gasteiger charge is -2.40. The van der Waals surface area contributed by atoms with E-state index < -0.39 is 15.5 Å². The molecule has 2 bridgehead atoms. The van der Waals surface area contributed by atoms with Crippen LogP contribution in [-0.4, -0.2) is 29.8 Å². The van der Waals surface area contributed by atoms with Gasteiger partial charge in [-0.3, -0.25) is 0 Å². The van der Waals surface area contributed by atoms with Crippen LogP contribution in [0.25, 0.3) is 0 Å². The lowest BCUT2D eigenvalue weighted by molar-refractivity contribution is -0.216. The average Bonchev–Trinajstić information content (AvgIpc) is 2.53. The molecule has 6 heteroatoms. The number of hydrogen-bond acceptors (Lipinski definition) is 2. The second-order valence-corrected chi connectivity index (χ2v) is 5.80. The van der Waals surface area contributed by atoms with Crippen molar-refractivity contribution in [1.29, 1.82) is 0 Å². The van der Waals surface area contributed by atoms with E-state index in [2.05, 4.69) is 0 Å². The van der Waals surface area contributed by atoms with Gasteiger partial charge < -0.3 is 9.47 Å². The van der Waals surface area contributed by atoms with E-state index in [1.165, 1.54) is 14.2 Å². The Kier molecular flexibility index (Phi) is 2.79. The molecule has 0 spiro atoms. The summed E-state index contributed by atoms with van der Waals surface area (Å²) >= 11 is 25.1. The fraction of sp³-hybridized carbons (Fsp3) is 0.778. The van der Waals surface area contributed by atoms with Crippen molar-refractivity contribution in [3.63, 3.8) is 0 Å². The van der Waals surface area contributed by atoms with E-state index in [-0.39, 0.29) is 0 Å². The van der Waals surface area contributed by atoms with Crippen LogP contribution in [-0.2, 0) is 9.47 Å². The summed E-state index contributed by atoms with van der Waals surface area (Å²) in [5.74, 6) is -1.18. The molecule has 0 aromatic heterocycles. The molecule has 0 heterocycles. The van der Waals surface area contributed by atoms with Gasteiger partial charge in [0.25, 0.3) is 0 Å². The lowest BCUT2D eigenvalue weighted by Crippen LogP contribution is -2.55. The number of halogens is 4. The minimum Gasteiger partial charge on any atom is -0.350 e. The summed E-state index contributed by atoms with van der Waals surface area (Å²) in [7, 11) is 2.98. The van der Waals surface area contributed by atoms with Crippen molar-refractivity contribution in [3.8, 4) is 0 Å². The van der Waals surface area contributed by atoms with Crippen LogP contribution in [0.1, 0.15) is 12.8 Å². The Hall–Kier alpha value is 0.820. The van der Waals surface area contributed by atoms with Crippen molar-refractivity contribution in [1.82, 2.24) is 0 Å². The molecule has 0 saturated heterocycles. The second-order valence-electron chi connectivity index (χ2n) is 3.76. The van der Waals surface area contributed by atoms with E-state index >= 15 is 0 Å². The number of fused-ring (bicyclic) bond motifs is 2. The highest BCUT2D eigenvalue weighted by Gasteiger charge is 2.77. The molecule has 1 fully saturated rings. The summed E-state index contributed by atoms with van der Waals surface area (Å²) in [6.07, 6.45) is 1.16. The number of rotatable bonds is 2. The summed E-state index contributed by atoms with van der Waals surface area (Å²) < 4.78 is 10.8. The van der Waals surface area contributed by atoms with Crippen LogP contribution in [0.15, 0.2) is 10.1 Å². The van der Waals surface area contributed by atoms with Gasteiger partial charge in [0.15, 0.2) is 0 Å². The van der Waals surface area contributed by atoms with E-state index in [1.54, 1.807) is 0 Å². The van der Waals surface area contributed by atoms with Gasteiger partial charge >= 0.3 is 0 Å². The lowest BCUT2D eigenvalue weighted by atomic mass is 10.0. The Labute approximate surface area is 108 Å². The third-order valence-corrected chi connectivity index (χ3v) is 5.89. The second kappa shape index (κ2) is 3.41. The predicted molar refractivity (Wildman–Crippen MR) is 61.9 cm³/mol. The fourth-order valence-electron chi connectivity index (χ4n) is 2.57. The molecule has 2 aliphatic rings. The van der Waals surface area contributed by atoms with Crippen LogP contribution in [0.3, 0.4) is 0 Å². The SMILES string of the molecule is COC1(OC)C2(Cl)CCC1(Cl)C(Cl)=C2Cl. The zero-order valence-corrected chi connectivity index (χ0v) is 11.3. The van der Waals surface area contributed by atoms with E-state index in [4.69, 9.17) is 55.9 Å². The molecule has 0 amide bonds. The highest BCUT2D eigenvalue weighted by molar-refractivity contribution is 6.51. The number of ether oxygens (including phenoxy) is 2. The highest BCUT2D eigenvalue weighted by atomic mass is 35.5. The zero-order chi connectivity index (χ0) is 11.5. The maximum atomic E-state index is 6.45. The van der Waals surface area contributed by atoms with Crippen molar-refractivity contribution < 1.29 is 9.47 Å². The molecule has 2 aliphatic carbocycles. The highest BCUT2D eigenvalue weighted by Crippen LogP contribution is 2.69. The number of alkyl halides is 2.